The molecule has 0 N–H and O–H groups in total. The lowest BCUT2D eigenvalue weighted by molar-refractivity contribution is 0.863. The molecule has 88 valence electrons. The van der Waals surface area contributed by atoms with Crippen LogP contribution in [0.25, 0.3) is 16.8 Å². The highest BCUT2D eigenvalue weighted by molar-refractivity contribution is 5.64. The van der Waals surface area contributed by atoms with E-state index >= 15 is 0 Å². The zero-order valence-electron chi connectivity index (χ0n) is 10.1. The molecule has 0 saturated carbocycles. The maximum Gasteiger partial charge on any atom is 0.147 e. The molecular formula is C15H13N3. The van der Waals surface area contributed by atoms with E-state index in [1.54, 1.807) is 11.0 Å². The zero-order chi connectivity index (χ0) is 12.4. The van der Waals surface area contributed by atoms with E-state index in [0.717, 1.165) is 11.5 Å². The Labute approximate surface area is 106 Å². The standard InChI is InChI=1S/C15H13N3/c1-12-16-11-18(17-12)15-9-7-14(8-10-15)13-5-3-2-4-6-13/h2-11H,1H3. The summed E-state index contributed by atoms with van der Waals surface area (Å²) in [5.74, 6) is 0.780. The molecular weight excluding hydrogens is 222 g/mol. The molecule has 0 fully saturated rings. The summed E-state index contributed by atoms with van der Waals surface area (Å²) in [6.45, 7) is 1.88. The van der Waals surface area contributed by atoms with Gasteiger partial charge in [0.2, 0.25) is 0 Å². The first kappa shape index (κ1) is 10.7. The summed E-state index contributed by atoms with van der Waals surface area (Å²) < 4.78 is 1.78. The Kier molecular flexibility index (Phi) is 2.65. The van der Waals surface area contributed by atoms with E-state index in [-0.39, 0.29) is 0 Å². The van der Waals surface area contributed by atoms with Crippen LogP contribution in [0.2, 0.25) is 0 Å². The normalized spacial score (nSPS) is 10.5. The predicted octanol–water partition coefficient (Wildman–Crippen LogP) is 3.24. The first-order valence-corrected chi connectivity index (χ1v) is 5.87. The first-order valence-electron chi connectivity index (χ1n) is 5.87. The topological polar surface area (TPSA) is 30.7 Å². The van der Waals surface area contributed by atoms with E-state index in [2.05, 4.69) is 46.5 Å². The van der Waals surface area contributed by atoms with E-state index in [0.29, 0.717) is 0 Å². The van der Waals surface area contributed by atoms with Gasteiger partial charge in [0.1, 0.15) is 12.2 Å². The summed E-state index contributed by atoms with van der Waals surface area (Å²) in [7, 11) is 0. The lowest BCUT2D eigenvalue weighted by atomic mass is 10.1. The highest BCUT2D eigenvalue weighted by Gasteiger charge is 2.00. The fourth-order valence-electron chi connectivity index (χ4n) is 1.91. The lowest BCUT2D eigenvalue weighted by Crippen LogP contribution is -1.94. The molecule has 0 unspecified atom stereocenters. The minimum atomic E-state index is 0.780. The van der Waals surface area contributed by atoms with Crippen molar-refractivity contribution in [3.05, 3.63) is 66.7 Å². The molecule has 0 aliphatic rings. The van der Waals surface area contributed by atoms with Crippen molar-refractivity contribution in [2.45, 2.75) is 6.92 Å². The fraction of sp³-hybridized carbons (Fsp3) is 0.0667. The van der Waals surface area contributed by atoms with Gasteiger partial charge in [-0.3, -0.25) is 0 Å². The van der Waals surface area contributed by atoms with Gasteiger partial charge in [0.25, 0.3) is 0 Å². The minimum absolute atomic E-state index is 0.780. The highest BCUT2D eigenvalue weighted by Crippen LogP contribution is 2.20. The Morgan fingerprint density at radius 3 is 2.11 bits per heavy atom. The van der Waals surface area contributed by atoms with E-state index in [1.165, 1.54) is 11.1 Å². The molecule has 0 saturated heterocycles. The maximum atomic E-state index is 4.29. The average molecular weight is 235 g/mol. The van der Waals surface area contributed by atoms with Gasteiger partial charge in [-0.15, -0.1) is 0 Å². The third-order valence-electron chi connectivity index (χ3n) is 2.85. The third kappa shape index (κ3) is 2.02. The van der Waals surface area contributed by atoms with Gasteiger partial charge in [0.15, 0.2) is 0 Å². The van der Waals surface area contributed by atoms with Gasteiger partial charge in [-0.05, 0) is 30.2 Å². The molecule has 0 atom stereocenters. The number of aryl methyl sites for hydroxylation is 1. The summed E-state index contributed by atoms with van der Waals surface area (Å²) in [5.41, 5.74) is 3.45. The van der Waals surface area contributed by atoms with E-state index in [1.807, 2.05) is 25.1 Å². The number of aromatic nitrogens is 3. The molecule has 1 heterocycles. The van der Waals surface area contributed by atoms with E-state index in [4.69, 9.17) is 0 Å². The molecule has 0 aliphatic carbocycles. The lowest BCUT2D eigenvalue weighted by Gasteiger charge is -2.04. The number of benzene rings is 2. The van der Waals surface area contributed by atoms with Gasteiger partial charge in [-0.25, -0.2) is 9.67 Å². The molecule has 3 nitrogen and oxygen atoms in total. The van der Waals surface area contributed by atoms with Crippen molar-refractivity contribution < 1.29 is 0 Å². The second kappa shape index (κ2) is 4.45. The number of hydrogen-bond acceptors (Lipinski definition) is 2. The smallest absolute Gasteiger partial charge is 0.147 e. The summed E-state index contributed by atoms with van der Waals surface area (Å²) in [6.07, 6.45) is 1.73. The maximum absolute atomic E-state index is 4.29. The predicted molar refractivity (Wildman–Crippen MR) is 71.5 cm³/mol. The van der Waals surface area contributed by atoms with Crippen LogP contribution in [0.15, 0.2) is 60.9 Å². The zero-order valence-corrected chi connectivity index (χ0v) is 10.1. The van der Waals surface area contributed by atoms with Crippen LogP contribution in [0.5, 0.6) is 0 Å². The molecule has 0 aliphatic heterocycles. The molecule has 3 aromatic rings. The van der Waals surface area contributed by atoms with Crippen LogP contribution in [0.3, 0.4) is 0 Å². The second-order valence-corrected chi connectivity index (χ2v) is 4.15. The molecule has 1 aromatic heterocycles. The molecule has 2 aromatic carbocycles. The van der Waals surface area contributed by atoms with Crippen molar-refractivity contribution in [2.24, 2.45) is 0 Å². The van der Waals surface area contributed by atoms with Crippen LogP contribution >= 0.6 is 0 Å². The van der Waals surface area contributed by atoms with Gasteiger partial charge < -0.3 is 0 Å². The van der Waals surface area contributed by atoms with Crippen molar-refractivity contribution in [1.82, 2.24) is 14.8 Å². The number of hydrogen-bond donors (Lipinski definition) is 0. The van der Waals surface area contributed by atoms with Crippen LogP contribution < -0.4 is 0 Å². The first-order chi connectivity index (χ1) is 8.83. The number of nitrogens with zero attached hydrogens (tertiary/aromatic N) is 3. The van der Waals surface area contributed by atoms with Gasteiger partial charge in [-0.2, -0.15) is 5.10 Å². The Morgan fingerprint density at radius 2 is 1.50 bits per heavy atom. The second-order valence-electron chi connectivity index (χ2n) is 4.15. The summed E-state index contributed by atoms with van der Waals surface area (Å²) >= 11 is 0. The van der Waals surface area contributed by atoms with Gasteiger partial charge in [-0.1, -0.05) is 42.5 Å². The summed E-state index contributed by atoms with van der Waals surface area (Å²) in [4.78, 5) is 4.13. The summed E-state index contributed by atoms with van der Waals surface area (Å²) in [6, 6.07) is 18.6. The van der Waals surface area contributed by atoms with Crippen LogP contribution in [0.4, 0.5) is 0 Å². The van der Waals surface area contributed by atoms with Crippen LogP contribution in [0, 0.1) is 6.92 Å². The Balaban J connectivity index is 1.94. The molecule has 3 rings (SSSR count). The largest absolute Gasteiger partial charge is 0.221 e. The van der Waals surface area contributed by atoms with Gasteiger partial charge in [0, 0.05) is 0 Å². The monoisotopic (exact) mass is 235 g/mol. The Bertz CT molecular complexity index is 639. The molecule has 18 heavy (non-hydrogen) atoms. The molecule has 0 bridgehead atoms. The van der Waals surface area contributed by atoms with Crippen molar-refractivity contribution in [3.63, 3.8) is 0 Å². The number of rotatable bonds is 2. The van der Waals surface area contributed by atoms with Crippen LogP contribution in [-0.4, -0.2) is 14.8 Å². The van der Waals surface area contributed by atoms with Gasteiger partial charge in [0.05, 0.1) is 5.69 Å². The summed E-state index contributed by atoms with van der Waals surface area (Å²) in [5, 5.41) is 4.29. The SMILES string of the molecule is Cc1ncn(-c2ccc(-c3ccccc3)cc2)n1. The third-order valence-corrected chi connectivity index (χ3v) is 2.85. The van der Waals surface area contributed by atoms with Crippen molar-refractivity contribution >= 4 is 0 Å². The molecule has 0 spiro atoms. The van der Waals surface area contributed by atoms with Crippen LogP contribution in [0.1, 0.15) is 5.82 Å². The van der Waals surface area contributed by atoms with E-state index < -0.39 is 0 Å². The fourth-order valence-corrected chi connectivity index (χ4v) is 1.91. The molecule has 0 radical (unpaired) electrons. The highest BCUT2D eigenvalue weighted by atomic mass is 15.3. The van der Waals surface area contributed by atoms with E-state index in [9.17, 15) is 0 Å². The average Bonchev–Trinajstić information content (AvgIpc) is 2.87. The van der Waals surface area contributed by atoms with Crippen molar-refractivity contribution in [2.75, 3.05) is 0 Å². The van der Waals surface area contributed by atoms with Crippen LogP contribution in [-0.2, 0) is 0 Å². The minimum Gasteiger partial charge on any atom is -0.221 e. The molecule has 3 heteroatoms. The van der Waals surface area contributed by atoms with Crippen molar-refractivity contribution in [3.8, 4) is 16.8 Å². The van der Waals surface area contributed by atoms with Crippen molar-refractivity contribution in [1.29, 1.82) is 0 Å². The van der Waals surface area contributed by atoms with Gasteiger partial charge >= 0.3 is 0 Å². The Hall–Kier alpha value is -2.42. The molecule has 0 amide bonds. The quantitative estimate of drug-likeness (QED) is 0.682. The Morgan fingerprint density at radius 1 is 0.833 bits per heavy atom.